The summed E-state index contributed by atoms with van der Waals surface area (Å²) in [6.07, 6.45) is 2.13. The highest BCUT2D eigenvalue weighted by molar-refractivity contribution is 5.95. The summed E-state index contributed by atoms with van der Waals surface area (Å²) in [5.41, 5.74) is 3.87. The maximum atomic E-state index is 12.6. The molecule has 1 saturated carbocycles. The van der Waals surface area contributed by atoms with Crippen LogP contribution in [-0.2, 0) is 14.3 Å². The van der Waals surface area contributed by atoms with Crippen LogP contribution in [0.4, 0.5) is 11.4 Å². The Morgan fingerprint density at radius 2 is 1.79 bits per heavy atom. The van der Waals surface area contributed by atoms with E-state index in [0.717, 1.165) is 29.7 Å². The molecule has 7 heteroatoms. The fraction of sp³-hybridized carbons (Fsp3) is 0.423. The first kappa shape index (κ1) is 24.5. The van der Waals surface area contributed by atoms with Crippen LogP contribution in [0.1, 0.15) is 54.6 Å². The molecule has 33 heavy (non-hydrogen) atoms. The van der Waals surface area contributed by atoms with E-state index in [-0.39, 0.29) is 30.9 Å². The highest BCUT2D eigenvalue weighted by Gasteiger charge is 2.30. The Kier molecular flexibility index (Phi) is 8.22. The minimum Gasteiger partial charge on any atom is -0.459 e. The van der Waals surface area contributed by atoms with Gasteiger partial charge in [0, 0.05) is 30.4 Å². The molecular formula is C26H33N3O4. The van der Waals surface area contributed by atoms with Crippen molar-refractivity contribution >= 4 is 29.2 Å². The molecule has 1 fully saturated rings. The number of rotatable bonds is 10. The standard InChI is InChI=1S/C26H33N3O4/c1-17(2)33-26(32)20-6-5-7-21(15-20)27-24(30)12-13-29(22-10-11-22)16-25(31)28-23-14-18(3)8-9-19(23)4/h5-9,14-15,17,22H,10-13,16H2,1-4H3,(H,27,30)(H,28,31). The Bertz CT molecular complexity index is 1010. The van der Waals surface area contributed by atoms with Crippen molar-refractivity contribution in [1.29, 1.82) is 0 Å². The van der Waals surface area contributed by atoms with Gasteiger partial charge in [0.2, 0.25) is 11.8 Å². The van der Waals surface area contributed by atoms with E-state index in [1.807, 2.05) is 32.0 Å². The molecule has 0 atom stereocenters. The summed E-state index contributed by atoms with van der Waals surface area (Å²) >= 11 is 0. The van der Waals surface area contributed by atoms with Gasteiger partial charge in [-0.15, -0.1) is 0 Å². The summed E-state index contributed by atoms with van der Waals surface area (Å²) in [6.45, 7) is 8.28. The molecule has 176 valence electrons. The Hall–Kier alpha value is -3.19. The summed E-state index contributed by atoms with van der Waals surface area (Å²) in [5.74, 6) is -0.659. The Morgan fingerprint density at radius 3 is 2.48 bits per heavy atom. The van der Waals surface area contributed by atoms with E-state index in [1.165, 1.54) is 0 Å². The van der Waals surface area contributed by atoms with Crippen molar-refractivity contribution in [1.82, 2.24) is 4.90 Å². The maximum Gasteiger partial charge on any atom is 0.338 e. The van der Waals surface area contributed by atoms with Crippen LogP contribution in [0, 0.1) is 13.8 Å². The second-order valence-electron chi connectivity index (χ2n) is 8.90. The quantitative estimate of drug-likeness (QED) is 0.526. The number of benzene rings is 2. The van der Waals surface area contributed by atoms with Gasteiger partial charge in [0.05, 0.1) is 18.2 Å². The summed E-state index contributed by atoms with van der Waals surface area (Å²) in [5, 5.41) is 5.83. The lowest BCUT2D eigenvalue weighted by Gasteiger charge is -2.21. The van der Waals surface area contributed by atoms with E-state index >= 15 is 0 Å². The highest BCUT2D eigenvalue weighted by atomic mass is 16.5. The molecule has 0 aliphatic heterocycles. The molecule has 2 aromatic carbocycles. The second-order valence-corrected chi connectivity index (χ2v) is 8.90. The van der Waals surface area contributed by atoms with Crippen LogP contribution in [0.15, 0.2) is 42.5 Å². The fourth-order valence-electron chi connectivity index (χ4n) is 3.55. The van der Waals surface area contributed by atoms with Gasteiger partial charge in [-0.2, -0.15) is 0 Å². The third kappa shape index (κ3) is 7.71. The fourth-order valence-corrected chi connectivity index (χ4v) is 3.55. The minimum absolute atomic E-state index is 0.0765. The molecule has 0 aromatic heterocycles. The number of nitrogens with zero attached hydrogens (tertiary/aromatic N) is 1. The van der Waals surface area contributed by atoms with E-state index in [1.54, 1.807) is 38.1 Å². The molecule has 0 spiro atoms. The monoisotopic (exact) mass is 451 g/mol. The number of nitrogens with one attached hydrogen (secondary N) is 2. The van der Waals surface area contributed by atoms with E-state index in [0.29, 0.717) is 23.8 Å². The summed E-state index contributed by atoms with van der Waals surface area (Å²) < 4.78 is 5.21. The van der Waals surface area contributed by atoms with Gasteiger partial charge in [-0.25, -0.2) is 4.79 Å². The molecule has 3 rings (SSSR count). The van der Waals surface area contributed by atoms with Crippen molar-refractivity contribution < 1.29 is 19.1 Å². The molecule has 2 amide bonds. The predicted molar refractivity (Wildman–Crippen MR) is 129 cm³/mol. The molecule has 0 heterocycles. The number of hydrogen-bond donors (Lipinski definition) is 2. The van der Waals surface area contributed by atoms with E-state index in [4.69, 9.17) is 4.74 Å². The predicted octanol–water partition coefficient (Wildman–Crippen LogP) is 4.30. The number of amides is 2. The van der Waals surface area contributed by atoms with Gasteiger partial charge in [-0.05, 0) is 75.9 Å². The number of carbonyl (C=O) groups excluding carboxylic acids is 3. The summed E-state index contributed by atoms with van der Waals surface area (Å²) in [6, 6.07) is 13.0. The molecular weight excluding hydrogens is 418 g/mol. The summed E-state index contributed by atoms with van der Waals surface area (Å²) in [4.78, 5) is 39.3. The van der Waals surface area contributed by atoms with Crippen LogP contribution >= 0.6 is 0 Å². The Balaban J connectivity index is 1.52. The lowest BCUT2D eigenvalue weighted by molar-refractivity contribution is -0.119. The van der Waals surface area contributed by atoms with Gasteiger partial charge in [-0.3, -0.25) is 14.5 Å². The molecule has 7 nitrogen and oxygen atoms in total. The average Bonchev–Trinajstić information content (AvgIpc) is 3.59. The number of esters is 1. The molecule has 1 aliphatic carbocycles. The van der Waals surface area contributed by atoms with Gasteiger partial charge in [0.15, 0.2) is 0 Å². The third-order valence-corrected chi connectivity index (χ3v) is 5.43. The zero-order chi connectivity index (χ0) is 24.0. The average molecular weight is 452 g/mol. The first-order valence-electron chi connectivity index (χ1n) is 11.4. The van der Waals surface area contributed by atoms with Gasteiger partial charge >= 0.3 is 5.97 Å². The third-order valence-electron chi connectivity index (χ3n) is 5.43. The zero-order valence-corrected chi connectivity index (χ0v) is 19.8. The molecule has 0 bridgehead atoms. The lowest BCUT2D eigenvalue weighted by Crippen LogP contribution is -2.37. The molecule has 2 aromatic rings. The SMILES string of the molecule is Cc1ccc(C)c(NC(=O)CN(CCC(=O)Nc2cccc(C(=O)OC(C)C)c2)C2CC2)c1. The van der Waals surface area contributed by atoms with Crippen LogP contribution in [0.3, 0.4) is 0 Å². The normalized spacial score (nSPS) is 13.2. The first-order chi connectivity index (χ1) is 15.7. The molecule has 0 unspecified atom stereocenters. The summed E-state index contributed by atoms with van der Waals surface area (Å²) in [7, 11) is 0. The van der Waals surface area contributed by atoms with E-state index in [2.05, 4.69) is 15.5 Å². The number of ether oxygens (including phenoxy) is 1. The molecule has 0 saturated heterocycles. The van der Waals surface area contributed by atoms with Crippen molar-refractivity contribution in [2.45, 2.75) is 59.1 Å². The van der Waals surface area contributed by atoms with E-state index in [9.17, 15) is 14.4 Å². The second kappa shape index (κ2) is 11.1. The number of carbonyl (C=O) groups is 3. The maximum absolute atomic E-state index is 12.6. The topological polar surface area (TPSA) is 87.7 Å². The number of aryl methyl sites for hydroxylation is 2. The van der Waals surface area contributed by atoms with Gasteiger partial charge < -0.3 is 15.4 Å². The van der Waals surface area contributed by atoms with Gasteiger partial charge in [-0.1, -0.05) is 18.2 Å². The smallest absolute Gasteiger partial charge is 0.338 e. The first-order valence-corrected chi connectivity index (χ1v) is 11.4. The van der Waals surface area contributed by atoms with Crippen molar-refractivity contribution in [3.8, 4) is 0 Å². The largest absolute Gasteiger partial charge is 0.459 e. The molecule has 2 N–H and O–H groups in total. The van der Waals surface area contributed by atoms with Crippen molar-refractivity contribution in [2.75, 3.05) is 23.7 Å². The van der Waals surface area contributed by atoms with Crippen molar-refractivity contribution in [3.63, 3.8) is 0 Å². The zero-order valence-electron chi connectivity index (χ0n) is 19.8. The van der Waals surface area contributed by atoms with Crippen LogP contribution in [-0.4, -0.2) is 47.9 Å². The van der Waals surface area contributed by atoms with Crippen LogP contribution in [0.2, 0.25) is 0 Å². The van der Waals surface area contributed by atoms with Crippen LogP contribution in [0.5, 0.6) is 0 Å². The van der Waals surface area contributed by atoms with Crippen molar-refractivity contribution in [3.05, 3.63) is 59.2 Å². The van der Waals surface area contributed by atoms with Crippen molar-refractivity contribution in [2.24, 2.45) is 0 Å². The van der Waals surface area contributed by atoms with Crippen LogP contribution < -0.4 is 10.6 Å². The molecule has 1 aliphatic rings. The Morgan fingerprint density at radius 1 is 1.03 bits per heavy atom. The van der Waals surface area contributed by atoms with E-state index < -0.39 is 5.97 Å². The van der Waals surface area contributed by atoms with Gasteiger partial charge in [0.25, 0.3) is 0 Å². The van der Waals surface area contributed by atoms with Crippen LogP contribution in [0.25, 0.3) is 0 Å². The lowest BCUT2D eigenvalue weighted by atomic mass is 10.1. The molecule has 0 radical (unpaired) electrons. The number of hydrogen-bond acceptors (Lipinski definition) is 5. The minimum atomic E-state index is -0.420. The van der Waals surface area contributed by atoms with Gasteiger partial charge in [0.1, 0.15) is 0 Å². The Labute approximate surface area is 195 Å². The number of anilines is 2. The highest BCUT2D eigenvalue weighted by Crippen LogP contribution is 2.27.